The Morgan fingerprint density at radius 2 is 0.667 bits per heavy atom. The van der Waals surface area contributed by atoms with Crippen molar-refractivity contribution in [3.05, 3.63) is 188 Å². The first-order valence-corrected chi connectivity index (χ1v) is 17.5. The van der Waals surface area contributed by atoms with E-state index in [4.69, 9.17) is 4.98 Å². The number of nitrogens with zero attached hydrogens (tertiary/aromatic N) is 3. The molecule has 10 rings (SSSR count). The van der Waals surface area contributed by atoms with Gasteiger partial charge in [0.2, 0.25) is 0 Å². The van der Waals surface area contributed by atoms with E-state index < -0.39 is 0 Å². The first-order valence-electron chi connectivity index (χ1n) is 17.5. The number of fused-ring (bicyclic) bond motifs is 6. The maximum absolute atomic E-state index is 5.29. The molecule has 240 valence electrons. The largest absolute Gasteiger partial charge is 0.309 e. The fourth-order valence-corrected chi connectivity index (χ4v) is 7.70. The van der Waals surface area contributed by atoms with E-state index in [1.807, 2.05) is 0 Å². The molecule has 3 nitrogen and oxygen atoms in total. The molecule has 10 aromatic rings. The summed E-state index contributed by atoms with van der Waals surface area (Å²) >= 11 is 0. The Hall–Kier alpha value is -6.71. The second-order valence-corrected chi connectivity index (χ2v) is 13.3. The zero-order valence-corrected chi connectivity index (χ0v) is 28.2. The molecule has 0 atom stereocenters. The van der Waals surface area contributed by atoms with Gasteiger partial charge in [0, 0.05) is 44.0 Å². The van der Waals surface area contributed by atoms with Crippen molar-refractivity contribution in [1.82, 2.24) is 14.1 Å². The van der Waals surface area contributed by atoms with Crippen LogP contribution in [0.1, 0.15) is 5.56 Å². The van der Waals surface area contributed by atoms with Gasteiger partial charge >= 0.3 is 0 Å². The Morgan fingerprint density at radius 1 is 0.333 bits per heavy atom. The van der Waals surface area contributed by atoms with Crippen LogP contribution in [0.25, 0.3) is 88.6 Å². The van der Waals surface area contributed by atoms with Gasteiger partial charge in [-0.1, -0.05) is 127 Å². The van der Waals surface area contributed by atoms with Crippen LogP contribution in [0.15, 0.2) is 182 Å². The Bertz CT molecular complexity index is 2610. The Labute approximate surface area is 296 Å². The third kappa shape index (κ3) is 4.86. The highest BCUT2D eigenvalue weighted by molar-refractivity contribution is 6.10. The van der Waals surface area contributed by atoms with E-state index in [0.717, 1.165) is 39.5 Å². The van der Waals surface area contributed by atoms with Crippen molar-refractivity contribution in [3.8, 4) is 45.0 Å². The maximum atomic E-state index is 5.29. The fraction of sp³-hybridized carbons (Fsp3) is 0.0208. The highest BCUT2D eigenvalue weighted by atomic mass is 15.0. The molecule has 0 N–H and O–H groups in total. The van der Waals surface area contributed by atoms with Gasteiger partial charge < -0.3 is 9.13 Å². The van der Waals surface area contributed by atoms with Crippen LogP contribution in [0.5, 0.6) is 0 Å². The van der Waals surface area contributed by atoms with Crippen molar-refractivity contribution in [3.63, 3.8) is 0 Å². The lowest BCUT2D eigenvalue weighted by atomic mass is 9.99. The normalized spacial score (nSPS) is 11.6. The molecule has 0 unspecified atom stereocenters. The zero-order valence-electron chi connectivity index (χ0n) is 28.2. The molecule has 0 saturated heterocycles. The summed E-state index contributed by atoms with van der Waals surface area (Å²) in [5.41, 5.74) is 14.7. The minimum Gasteiger partial charge on any atom is -0.309 e. The van der Waals surface area contributed by atoms with E-state index in [1.165, 1.54) is 54.7 Å². The summed E-state index contributed by atoms with van der Waals surface area (Å²) in [7, 11) is 0. The molecule has 0 aliphatic carbocycles. The molecule has 0 spiro atoms. The SMILES string of the molecule is Cc1ccc(-c2cc(-c3ccc(-n4c5ccccc5c5ccccc54)cc3)nc(-c3ccc(-n4c5ccccc5c5ccccc54)cc3)c2)cc1. The monoisotopic (exact) mass is 651 g/mol. The number of para-hydroxylation sites is 4. The smallest absolute Gasteiger partial charge is 0.0715 e. The number of pyridine rings is 1. The molecule has 0 saturated carbocycles. The number of aromatic nitrogens is 3. The molecule has 0 fully saturated rings. The number of benzene rings is 7. The molecular formula is C48H33N3. The third-order valence-electron chi connectivity index (χ3n) is 10.2. The highest BCUT2D eigenvalue weighted by Gasteiger charge is 2.15. The van der Waals surface area contributed by atoms with Gasteiger partial charge in [0.05, 0.1) is 33.5 Å². The van der Waals surface area contributed by atoms with Crippen LogP contribution in [-0.2, 0) is 0 Å². The van der Waals surface area contributed by atoms with Crippen molar-refractivity contribution in [1.29, 1.82) is 0 Å². The Morgan fingerprint density at radius 3 is 1.04 bits per heavy atom. The van der Waals surface area contributed by atoms with Gasteiger partial charge in [-0.15, -0.1) is 0 Å². The summed E-state index contributed by atoms with van der Waals surface area (Å²) in [6, 6.07) is 65.4. The average Bonchev–Trinajstić information content (AvgIpc) is 3.71. The third-order valence-corrected chi connectivity index (χ3v) is 10.2. The summed E-state index contributed by atoms with van der Waals surface area (Å²) in [6.45, 7) is 2.13. The molecule has 0 aliphatic rings. The molecule has 7 aromatic carbocycles. The number of hydrogen-bond donors (Lipinski definition) is 0. The Kier molecular flexibility index (Phi) is 6.71. The summed E-state index contributed by atoms with van der Waals surface area (Å²) in [4.78, 5) is 5.29. The van der Waals surface area contributed by atoms with Crippen LogP contribution in [0.2, 0.25) is 0 Å². The van der Waals surface area contributed by atoms with E-state index in [1.54, 1.807) is 0 Å². The van der Waals surface area contributed by atoms with Crippen LogP contribution >= 0.6 is 0 Å². The summed E-state index contributed by atoms with van der Waals surface area (Å²) < 4.78 is 4.71. The summed E-state index contributed by atoms with van der Waals surface area (Å²) in [6.07, 6.45) is 0. The van der Waals surface area contributed by atoms with Gasteiger partial charge in [0.1, 0.15) is 0 Å². The quantitative estimate of drug-likeness (QED) is 0.182. The van der Waals surface area contributed by atoms with Gasteiger partial charge in [-0.2, -0.15) is 0 Å². The molecule has 0 radical (unpaired) electrons. The summed E-state index contributed by atoms with van der Waals surface area (Å²) in [5, 5.41) is 5.05. The standard InChI is InChI=1S/C48H33N3/c1-32-18-20-33(21-19-32)36-30-43(34-22-26-37(27-23-34)50-45-14-6-2-10-39(45)40-11-3-7-15-46(40)50)49-44(31-36)35-24-28-38(29-25-35)51-47-16-8-4-12-41(47)42-13-5-9-17-48(42)51/h2-31H,1H3. The van der Waals surface area contributed by atoms with Crippen LogP contribution in [0, 0.1) is 6.92 Å². The lowest BCUT2D eigenvalue weighted by molar-refractivity contribution is 1.18. The van der Waals surface area contributed by atoms with E-state index in [0.29, 0.717) is 0 Å². The van der Waals surface area contributed by atoms with Gasteiger partial charge in [-0.05, 0) is 78.7 Å². The second-order valence-electron chi connectivity index (χ2n) is 13.3. The van der Waals surface area contributed by atoms with Gasteiger partial charge in [-0.25, -0.2) is 4.98 Å². The molecule has 3 heterocycles. The fourth-order valence-electron chi connectivity index (χ4n) is 7.70. The highest BCUT2D eigenvalue weighted by Crippen LogP contribution is 2.36. The first kappa shape index (κ1) is 29.2. The van der Waals surface area contributed by atoms with Gasteiger partial charge in [-0.3, -0.25) is 0 Å². The summed E-state index contributed by atoms with van der Waals surface area (Å²) in [5.74, 6) is 0. The van der Waals surface area contributed by atoms with E-state index in [9.17, 15) is 0 Å². The van der Waals surface area contributed by atoms with Crippen molar-refractivity contribution in [2.45, 2.75) is 6.92 Å². The van der Waals surface area contributed by atoms with E-state index in [2.05, 4.69) is 198 Å². The van der Waals surface area contributed by atoms with Crippen LogP contribution in [0.3, 0.4) is 0 Å². The molecule has 0 bridgehead atoms. The average molecular weight is 652 g/mol. The minimum atomic E-state index is 0.948. The molecule has 3 heteroatoms. The first-order chi connectivity index (χ1) is 25.2. The van der Waals surface area contributed by atoms with E-state index >= 15 is 0 Å². The molecular weight excluding hydrogens is 619 g/mol. The number of rotatable bonds is 5. The predicted molar refractivity (Wildman–Crippen MR) is 214 cm³/mol. The van der Waals surface area contributed by atoms with Crippen LogP contribution in [-0.4, -0.2) is 14.1 Å². The number of hydrogen-bond acceptors (Lipinski definition) is 1. The lowest BCUT2D eigenvalue weighted by Crippen LogP contribution is -1.96. The molecule has 3 aromatic heterocycles. The van der Waals surface area contributed by atoms with Crippen LogP contribution in [0.4, 0.5) is 0 Å². The van der Waals surface area contributed by atoms with Gasteiger partial charge in [0.15, 0.2) is 0 Å². The van der Waals surface area contributed by atoms with Crippen molar-refractivity contribution < 1.29 is 0 Å². The predicted octanol–water partition coefficient (Wildman–Crippen LogP) is 12.6. The maximum Gasteiger partial charge on any atom is 0.0715 e. The minimum absolute atomic E-state index is 0.948. The topological polar surface area (TPSA) is 22.8 Å². The Balaban J connectivity index is 1.08. The zero-order chi connectivity index (χ0) is 33.9. The van der Waals surface area contributed by atoms with Crippen molar-refractivity contribution in [2.75, 3.05) is 0 Å². The molecule has 51 heavy (non-hydrogen) atoms. The molecule has 0 amide bonds. The van der Waals surface area contributed by atoms with Crippen LogP contribution < -0.4 is 0 Å². The van der Waals surface area contributed by atoms with Gasteiger partial charge in [0.25, 0.3) is 0 Å². The second kappa shape index (κ2) is 11.7. The lowest BCUT2D eigenvalue weighted by Gasteiger charge is -2.13. The number of aryl methyl sites for hydroxylation is 1. The van der Waals surface area contributed by atoms with Crippen molar-refractivity contribution in [2.24, 2.45) is 0 Å². The van der Waals surface area contributed by atoms with E-state index in [-0.39, 0.29) is 0 Å². The van der Waals surface area contributed by atoms with Crippen molar-refractivity contribution >= 4 is 43.6 Å². The molecule has 0 aliphatic heterocycles.